The maximum Gasteiger partial charge on any atom is 0.337 e. The van der Waals surface area contributed by atoms with Gasteiger partial charge in [-0.2, -0.15) is 0 Å². The molecule has 0 aliphatic rings. The van der Waals surface area contributed by atoms with Crippen LogP contribution < -0.4 is 0 Å². The second-order valence-corrected chi connectivity index (χ2v) is 4.67. The van der Waals surface area contributed by atoms with Crippen LogP contribution in [-0.4, -0.2) is 31.6 Å². The molecule has 2 unspecified atom stereocenters. The van der Waals surface area contributed by atoms with Crippen molar-refractivity contribution in [1.29, 1.82) is 0 Å². The largest absolute Gasteiger partial charge is 0.481 e. The van der Waals surface area contributed by atoms with E-state index in [0.717, 1.165) is 6.92 Å². The van der Waals surface area contributed by atoms with E-state index in [9.17, 15) is 14.2 Å². The minimum Gasteiger partial charge on any atom is -0.481 e. The highest BCUT2D eigenvalue weighted by molar-refractivity contribution is 7.97. The third-order valence-electron chi connectivity index (χ3n) is 1.48. The standard InChI is InChI=1S/C5H9O6PS/c1-2(4(6)7)3(5(8)13)12(9,10)11/h2-3H,1H3,(H,6,7)(H,8,13)(H2,9,10,11). The van der Waals surface area contributed by atoms with Crippen LogP contribution in [0.3, 0.4) is 0 Å². The first-order chi connectivity index (χ1) is 5.68. The van der Waals surface area contributed by atoms with Crippen LogP contribution in [0.5, 0.6) is 0 Å². The highest BCUT2D eigenvalue weighted by Crippen LogP contribution is 2.45. The van der Waals surface area contributed by atoms with E-state index in [1.165, 1.54) is 0 Å². The Morgan fingerprint density at radius 1 is 1.38 bits per heavy atom. The molecule has 0 saturated carbocycles. The predicted octanol–water partition coefficient (Wildman–Crippen LogP) is -0.290. The molecule has 0 saturated heterocycles. The van der Waals surface area contributed by atoms with E-state index < -0.39 is 30.3 Å². The maximum absolute atomic E-state index is 10.7. The first kappa shape index (κ1) is 12.6. The third kappa shape index (κ3) is 3.48. The Morgan fingerprint density at radius 3 is 1.85 bits per heavy atom. The topological polar surface area (TPSA) is 112 Å². The van der Waals surface area contributed by atoms with Crippen LogP contribution in [-0.2, 0) is 14.2 Å². The van der Waals surface area contributed by atoms with E-state index in [0.29, 0.717) is 0 Å². The minimum absolute atomic E-state index is 1.04. The van der Waals surface area contributed by atoms with Gasteiger partial charge in [0.2, 0.25) is 5.12 Å². The molecule has 0 aromatic carbocycles. The number of carbonyl (C=O) groups is 2. The molecule has 0 aromatic rings. The molecule has 0 aliphatic carbocycles. The molecule has 0 amide bonds. The van der Waals surface area contributed by atoms with Crippen LogP contribution in [0.15, 0.2) is 0 Å². The highest BCUT2D eigenvalue weighted by atomic mass is 32.1. The van der Waals surface area contributed by atoms with Gasteiger partial charge in [-0.15, -0.1) is 12.6 Å². The zero-order valence-corrected chi connectivity index (χ0v) is 8.40. The van der Waals surface area contributed by atoms with Crippen LogP contribution in [0.25, 0.3) is 0 Å². The average Bonchev–Trinajstić information content (AvgIpc) is 1.82. The number of carboxylic acid groups (broad SMARTS) is 1. The Labute approximate surface area is 79.5 Å². The van der Waals surface area contributed by atoms with Gasteiger partial charge in [0.15, 0.2) is 0 Å². The van der Waals surface area contributed by atoms with Gasteiger partial charge in [-0.25, -0.2) is 0 Å². The number of hydrogen-bond donors (Lipinski definition) is 4. The number of aliphatic carboxylic acids is 1. The lowest BCUT2D eigenvalue weighted by Crippen LogP contribution is -2.30. The average molecular weight is 228 g/mol. The molecule has 3 N–H and O–H groups in total. The molecular formula is C5H9O6PS. The van der Waals surface area contributed by atoms with Crippen molar-refractivity contribution in [2.45, 2.75) is 12.6 Å². The third-order valence-corrected chi connectivity index (χ3v) is 3.37. The zero-order valence-electron chi connectivity index (χ0n) is 6.62. The van der Waals surface area contributed by atoms with E-state index in [1.807, 2.05) is 0 Å². The van der Waals surface area contributed by atoms with Crippen LogP contribution in [0.1, 0.15) is 6.92 Å². The first-order valence-electron chi connectivity index (χ1n) is 3.18. The molecule has 8 heteroatoms. The predicted molar refractivity (Wildman–Crippen MR) is 46.6 cm³/mol. The Hall–Kier alpha value is -0.360. The highest BCUT2D eigenvalue weighted by Gasteiger charge is 2.41. The van der Waals surface area contributed by atoms with Crippen LogP contribution in [0.4, 0.5) is 0 Å². The molecule has 0 heterocycles. The van der Waals surface area contributed by atoms with Crippen molar-refractivity contribution >= 4 is 31.3 Å². The van der Waals surface area contributed by atoms with Gasteiger partial charge >= 0.3 is 13.6 Å². The van der Waals surface area contributed by atoms with E-state index >= 15 is 0 Å². The monoisotopic (exact) mass is 228 g/mol. The van der Waals surface area contributed by atoms with Gasteiger partial charge in [0.1, 0.15) is 5.66 Å². The van der Waals surface area contributed by atoms with Crippen molar-refractivity contribution in [3.05, 3.63) is 0 Å². The molecule has 0 rings (SSSR count). The van der Waals surface area contributed by atoms with Gasteiger partial charge in [-0.1, -0.05) is 6.92 Å². The van der Waals surface area contributed by atoms with Gasteiger partial charge in [0.25, 0.3) is 0 Å². The summed E-state index contributed by atoms with van der Waals surface area (Å²) >= 11 is 3.23. The number of rotatable bonds is 4. The smallest absolute Gasteiger partial charge is 0.337 e. The second kappa shape index (κ2) is 4.23. The molecule has 76 valence electrons. The molecule has 0 spiro atoms. The summed E-state index contributed by atoms with van der Waals surface area (Å²) < 4.78 is 10.7. The Balaban J connectivity index is 4.95. The van der Waals surface area contributed by atoms with E-state index in [2.05, 4.69) is 12.6 Å². The lowest BCUT2D eigenvalue weighted by atomic mass is 10.1. The molecule has 0 aromatic heterocycles. The summed E-state index contributed by atoms with van der Waals surface area (Å²) in [6, 6.07) is 0. The lowest BCUT2D eigenvalue weighted by molar-refractivity contribution is -0.142. The molecular weight excluding hydrogens is 219 g/mol. The molecule has 2 atom stereocenters. The summed E-state index contributed by atoms with van der Waals surface area (Å²) in [5.74, 6) is -2.90. The Bertz CT molecular complexity index is 270. The van der Waals surface area contributed by atoms with Crippen molar-refractivity contribution < 1.29 is 29.0 Å². The molecule has 13 heavy (non-hydrogen) atoms. The van der Waals surface area contributed by atoms with Crippen molar-refractivity contribution in [1.82, 2.24) is 0 Å². The van der Waals surface area contributed by atoms with Crippen LogP contribution in [0.2, 0.25) is 0 Å². The normalized spacial score (nSPS) is 16.3. The molecule has 6 nitrogen and oxygen atoms in total. The van der Waals surface area contributed by atoms with Crippen molar-refractivity contribution in [2.75, 3.05) is 0 Å². The van der Waals surface area contributed by atoms with Gasteiger partial charge < -0.3 is 14.9 Å². The Morgan fingerprint density at radius 2 is 1.77 bits per heavy atom. The molecule has 0 fully saturated rings. The van der Waals surface area contributed by atoms with Crippen LogP contribution >= 0.6 is 20.2 Å². The minimum atomic E-state index is -4.75. The number of thiol groups is 1. The quantitative estimate of drug-likeness (QED) is 0.388. The van der Waals surface area contributed by atoms with Gasteiger partial charge in [-0.05, 0) is 0 Å². The number of hydrogen-bond acceptors (Lipinski definition) is 3. The number of carboxylic acids is 1. The van der Waals surface area contributed by atoms with E-state index in [1.54, 1.807) is 0 Å². The fourth-order valence-electron chi connectivity index (χ4n) is 0.784. The van der Waals surface area contributed by atoms with Crippen molar-refractivity contribution in [3.8, 4) is 0 Å². The van der Waals surface area contributed by atoms with E-state index in [-0.39, 0.29) is 0 Å². The van der Waals surface area contributed by atoms with Gasteiger partial charge in [0.05, 0.1) is 5.92 Å². The lowest BCUT2D eigenvalue weighted by Gasteiger charge is -2.18. The summed E-state index contributed by atoms with van der Waals surface area (Å²) in [7, 11) is -4.75. The second-order valence-electron chi connectivity index (χ2n) is 2.50. The Kier molecular flexibility index (Phi) is 4.12. The fourth-order valence-corrected chi connectivity index (χ4v) is 2.46. The SMILES string of the molecule is CC(C(=O)O)C(C(=O)S)P(=O)(O)O. The summed E-state index contributed by atoms with van der Waals surface area (Å²) in [6.45, 7) is 1.04. The first-order valence-corrected chi connectivity index (χ1v) is 5.31. The van der Waals surface area contributed by atoms with Crippen molar-refractivity contribution in [2.24, 2.45) is 5.92 Å². The summed E-state index contributed by atoms with van der Waals surface area (Å²) in [5, 5.41) is 7.31. The maximum atomic E-state index is 10.7. The molecule has 0 bridgehead atoms. The zero-order chi connectivity index (χ0) is 10.8. The molecule has 0 radical (unpaired) electrons. The van der Waals surface area contributed by atoms with Crippen LogP contribution in [0, 0.1) is 5.92 Å². The van der Waals surface area contributed by atoms with Gasteiger partial charge in [-0.3, -0.25) is 14.2 Å². The summed E-state index contributed by atoms with van der Waals surface area (Å²) in [5.41, 5.74) is -1.88. The number of carbonyl (C=O) groups excluding carboxylic acids is 1. The molecule has 0 aliphatic heterocycles. The van der Waals surface area contributed by atoms with Crippen molar-refractivity contribution in [3.63, 3.8) is 0 Å². The fraction of sp³-hybridized carbons (Fsp3) is 0.600. The summed E-state index contributed by atoms with van der Waals surface area (Å²) in [4.78, 5) is 38.3. The van der Waals surface area contributed by atoms with Gasteiger partial charge in [0, 0.05) is 0 Å². The summed E-state index contributed by atoms with van der Waals surface area (Å²) in [6.07, 6.45) is 0. The van der Waals surface area contributed by atoms with E-state index in [4.69, 9.17) is 14.9 Å².